The van der Waals surface area contributed by atoms with E-state index in [1.54, 1.807) is 19.4 Å². The summed E-state index contributed by atoms with van der Waals surface area (Å²) < 4.78 is 5.77. The molecule has 21 heavy (non-hydrogen) atoms. The minimum absolute atomic E-state index is 0.0412. The zero-order valence-corrected chi connectivity index (χ0v) is 12.5. The van der Waals surface area contributed by atoms with E-state index in [1.165, 1.54) is 11.3 Å². The summed E-state index contributed by atoms with van der Waals surface area (Å²) in [5, 5.41) is 6.79. The Morgan fingerprint density at radius 3 is 3.10 bits per heavy atom. The monoisotopic (exact) mass is 304 g/mol. The number of nitrogens with one attached hydrogen (secondary N) is 1. The van der Waals surface area contributed by atoms with Gasteiger partial charge in [-0.05, 0) is 11.4 Å². The molecule has 6 nitrogen and oxygen atoms in total. The van der Waals surface area contributed by atoms with Crippen molar-refractivity contribution in [2.75, 3.05) is 32.1 Å². The number of hydrogen-bond acceptors (Lipinski definition) is 6. The Balaban J connectivity index is 1.78. The molecule has 1 aliphatic heterocycles. The summed E-state index contributed by atoms with van der Waals surface area (Å²) in [5.74, 6) is 0.729. The number of carbonyl (C=O) groups excluding carboxylic acids is 1. The molecule has 0 aliphatic carbocycles. The van der Waals surface area contributed by atoms with Gasteiger partial charge in [-0.15, -0.1) is 0 Å². The Hall–Kier alpha value is -1.99. The number of hydrogen-bond donors (Lipinski definition) is 1. The van der Waals surface area contributed by atoms with Crippen LogP contribution in [0.25, 0.3) is 0 Å². The summed E-state index contributed by atoms with van der Waals surface area (Å²) >= 11 is 1.52. The Morgan fingerprint density at radius 2 is 2.33 bits per heavy atom. The van der Waals surface area contributed by atoms with Crippen LogP contribution in [0.2, 0.25) is 0 Å². The number of amides is 1. The predicted octanol–water partition coefficient (Wildman–Crippen LogP) is 1.79. The van der Waals surface area contributed by atoms with Crippen molar-refractivity contribution in [3.8, 4) is 0 Å². The molecule has 110 valence electrons. The van der Waals surface area contributed by atoms with Crippen LogP contribution in [0.1, 0.15) is 22.2 Å². The van der Waals surface area contributed by atoms with E-state index in [-0.39, 0.29) is 12.0 Å². The lowest BCUT2D eigenvalue weighted by Gasteiger charge is -2.32. The lowest BCUT2D eigenvalue weighted by atomic mass is 10.1. The highest BCUT2D eigenvalue weighted by Gasteiger charge is 2.28. The normalized spacial score (nSPS) is 18.5. The predicted molar refractivity (Wildman–Crippen MR) is 80.5 cm³/mol. The molecular weight excluding hydrogens is 288 g/mol. The van der Waals surface area contributed by atoms with Crippen LogP contribution in [0, 0.1) is 0 Å². The van der Waals surface area contributed by atoms with Crippen LogP contribution in [-0.4, -0.2) is 47.5 Å². The van der Waals surface area contributed by atoms with E-state index in [9.17, 15) is 4.79 Å². The molecule has 1 N–H and O–H groups in total. The second-order valence-electron chi connectivity index (χ2n) is 4.66. The smallest absolute Gasteiger partial charge is 0.254 e. The lowest BCUT2D eigenvalue weighted by Crippen LogP contribution is -2.42. The van der Waals surface area contributed by atoms with E-state index in [0.717, 1.165) is 11.3 Å². The third kappa shape index (κ3) is 2.88. The van der Waals surface area contributed by atoms with Gasteiger partial charge in [0, 0.05) is 31.4 Å². The maximum Gasteiger partial charge on any atom is 0.254 e. The Labute approximate surface area is 126 Å². The van der Waals surface area contributed by atoms with Crippen LogP contribution in [0.3, 0.4) is 0 Å². The van der Waals surface area contributed by atoms with Gasteiger partial charge in [0.15, 0.2) is 0 Å². The molecule has 1 saturated heterocycles. The minimum Gasteiger partial charge on any atom is -0.372 e. The number of rotatable bonds is 3. The van der Waals surface area contributed by atoms with Crippen LogP contribution in [0.4, 0.5) is 5.82 Å². The lowest BCUT2D eigenvalue weighted by molar-refractivity contribution is -0.0245. The van der Waals surface area contributed by atoms with Gasteiger partial charge in [-0.25, -0.2) is 4.98 Å². The Morgan fingerprint density at radius 1 is 1.48 bits per heavy atom. The molecule has 3 heterocycles. The van der Waals surface area contributed by atoms with E-state index in [0.29, 0.717) is 25.5 Å². The summed E-state index contributed by atoms with van der Waals surface area (Å²) in [7, 11) is 1.80. The first-order chi connectivity index (χ1) is 10.3. The average molecular weight is 304 g/mol. The maximum absolute atomic E-state index is 12.4. The highest BCUT2D eigenvalue weighted by Crippen LogP contribution is 2.26. The maximum atomic E-state index is 12.4. The van der Waals surface area contributed by atoms with Crippen molar-refractivity contribution in [3.63, 3.8) is 0 Å². The van der Waals surface area contributed by atoms with Crippen LogP contribution in [-0.2, 0) is 4.74 Å². The van der Waals surface area contributed by atoms with Crippen molar-refractivity contribution in [2.45, 2.75) is 6.10 Å². The van der Waals surface area contributed by atoms with Crippen molar-refractivity contribution in [1.82, 2.24) is 14.9 Å². The standard InChI is InChI=1S/C14H16N4O2S/c1-15-13-12(16-3-4-17-13)11-8-18(5-6-20-11)14(19)10-2-7-21-9-10/h2-4,7,9,11H,5-6,8H2,1H3,(H,15,17)/t11-/m0/s1. The number of nitrogens with zero attached hydrogens (tertiary/aromatic N) is 3. The molecule has 0 bridgehead atoms. The zero-order chi connectivity index (χ0) is 14.7. The van der Waals surface area contributed by atoms with Gasteiger partial charge in [-0.2, -0.15) is 11.3 Å². The van der Waals surface area contributed by atoms with Crippen molar-refractivity contribution in [2.24, 2.45) is 0 Å². The topological polar surface area (TPSA) is 67.4 Å². The number of anilines is 1. The molecule has 0 saturated carbocycles. The van der Waals surface area contributed by atoms with Gasteiger partial charge in [-0.3, -0.25) is 9.78 Å². The molecule has 0 aromatic carbocycles. The summed E-state index contributed by atoms with van der Waals surface area (Å²) in [6.45, 7) is 1.59. The molecule has 1 aliphatic rings. The second-order valence-corrected chi connectivity index (χ2v) is 5.44. The first kappa shape index (κ1) is 14.0. The fourth-order valence-electron chi connectivity index (χ4n) is 2.34. The molecule has 1 fully saturated rings. The van der Waals surface area contributed by atoms with Gasteiger partial charge in [-0.1, -0.05) is 0 Å². The van der Waals surface area contributed by atoms with E-state index < -0.39 is 0 Å². The summed E-state index contributed by atoms with van der Waals surface area (Å²) in [6, 6.07) is 1.85. The molecule has 1 amide bonds. The number of aromatic nitrogens is 2. The number of morpholine rings is 1. The van der Waals surface area contributed by atoms with Gasteiger partial charge in [0.2, 0.25) is 0 Å². The first-order valence-corrected chi connectivity index (χ1v) is 7.65. The molecule has 0 unspecified atom stereocenters. The van der Waals surface area contributed by atoms with Gasteiger partial charge >= 0.3 is 0 Å². The van der Waals surface area contributed by atoms with Crippen molar-refractivity contribution >= 4 is 23.1 Å². The van der Waals surface area contributed by atoms with E-state index in [4.69, 9.17) is 4.74 Å². The van der Waals surface area contributed by atoms with Crippen LogP contribution in [0.5, 0.6) is 0 Å². The van der Waals surface area contributed by atoms with Gasteiger partial charge < -0.3 is 15.0 Å². The Bertz CT molecular complexity index is 617. The number of carbonyl (C=O) groups is 1. The van der Waals surface area contributed by atoms with Crippen molar-refractivity contribution in [1.29, 1.82) is 0 Å². The van der Waals surface area contributed by atoms with Crippen LogP contribution < -0.4 is 5.32 Å². The average Bonchev–Trinajstić information content (AvgIpc) is 3.08. The zero-order valence-electron chi connectivity index (χ0n) is 11.7. The molecule has 2 aromatic rings. The molecule has 2 aromatic heterocycles. The fraction of sp³-hybridized carbons (Fsp3) is 0.357. The quantitative estimate of drug-likeness (QED) is 0.936. The molecule has 0 spiro atoms. The summed E-state index contributed by atoms with van der Waals surface area (Å²) in [6.07, 6.45) is 3.02. The number of thiophene rings is 1. The van der Waals surface area contributed by atoms with Crippen LogP contribution >= 0.6 is 11.3 Å². The van der Waals surface area contributed by atoms with E-state index >= 15 is 0 Å². The largest absolute Gasteiger partial charge is 0.372 e. The SMILES string of the molecule is CNc1nccnc1[C@@H]1CN(C(=O)c2ccsc2)CCO1. The van der Waals surface area contributed by atoms with E-state index in [2.05, 4.69) is 15.3 Å². The third-order valence-electron chi connectivity index (χ3n) is 3.39. The third-order valence-corrected chi connectivity index (χ3v) is 4.07. The molecular formula is C14H16N4O2S. The first-order valence-electron chi connectivity index (χ1n) is 6.71. The van der Waals surface area contributed by atoms with Crippen molar-refractivity contribution in [3.05, 3.63) is 40.5 Å². The van der Waals surface area contributed by atoms with Crippen molar-refractivity contribution < 1.29 is 9.53 Å². The van der Waals surface area contributed by atoms with Gasteiger partial charge in [0.25, 0.3) is 5.91 Å². The highest BCUT2D eigenvalue weighted by atomic mass is 32.1. The summed E-state index contributed by atoms with van der Waals surface area (Å²) in [4.78, 5) is 22.8. The van der Waals surface area contributed by atoms with E-state index in [1.807, 2.05) is 21.7 Å². The van der Waals surface area contributed by atoms with Gasteiger partial charge in [0.1, 0.15) is 17.6 Å². The minimum atomic E-state index is -0.252. The summed E-state index contributed by atoms with van der Waals surface area (Å²) in [5.41, 5.74) is 1.47. The Kier molecular flexibility index (Phi) is 4.12. The van der Waals surface area contributed by atoms with Gasteiger partial charge in [0.05, 0.1) is 18.7 Å². The number of ether oxygens (including phenoxy) is 1. The fourth-order valence-corrected chi connectivity index (χ4v) is 2.97. The molecule has 3 rings (SSSR count). The molecule has 1 atom stereocenters. The highest BCUT2D eigenvalue weighted by molar-refractivity contribution is 7.08. The van der Waals surface area contributed by atoms with Crippen LogP contribution in [0.15, 0.2) is 29.2 Å². The second kappa shape index (κ2) is 6.19. The molecule has 7 heteroatoms. The molecule has 0 radical (unpaired) electrons.